The zero-order chi connectivity index (χ0) is 20.9. The fraction of sp³-hybridized carbons (Fsp3) is 0.474. The van der Waals surface area contributed by atoms with E-state index in [1.54, 1.807) is 17.0 Å². The van der Waals surface area contributed by atoms with Crippen molar-refractivity contribution < 1.29 is 27.4 Å². The van der Waals surface area contributed by atoms with Crippen molar-refractivity contribution in [1.29, 1.82) is 0 Å². The number of ether oxygens (including phenoxy) is 2. The van der Waals surface area contributed by atoms with Gasteiger partial charge in [0.05, 0.1) is 19.6 Å². The normalized spacial score (nSPS) is 16.6. The van der Waals surface area contributed by atoms with Gasteiger partial charge in [-0.15, -0.1) is 0 Å². The third-order valence-corrected chi connectivity index (χ3v) is 4.51. The number of aromatic nitrogens is 3. The molecule has 156 valence electrons. The van der Waals surface area contributed by atoms with Crippen molar-refractivity contribution in [1.82, 2.24) is 15.0 Å². The van der Waals surface area contributed by atoms with Crippen LogP contribution in [-0.4, -0.2) is 53.8 Å². The standard InChI is InChI=1S/C19H21F3N4O3/c1-28-17(27)6-8-26(12-14-5-3-9-29-14)16-10-15(19(20,21)22)24-18(25-16)13-4-2-7-23-11-13/h2,4,7,10-11,14H,3,5-6,8-9,12H2,1H3/t14-/m0/s1. The van der Waals surface area contributed by atoms with Gasteiger partial charge in [-0.1, -0.05) is 0 Å². The molecule has 0 amide bonds. The number of pyridine rings is 1. The van der Waals surface area contributed by atoms with Gasteiger partial charge in [0.1, 0.15) is 5.82 Å². The van der Waals surface area contributed by atoms with E-state index in [0.29, 0.717) is 18.7 Å². The van der Waals surface area contributed by atoms with E-state index in [9.17, 15) is 18.0 Å². The van der Waals surface area contributed by atoms with E-state index in [4.69, 9.17) is 4.74 Å². The Balaban J connectivity index is 1.98. The summed E-state index contributed by atoms with van der Waals surface area (Å²) in [6.45, 7) is 1.07. The Kier molecular flexibility index (Phi) is 6.63. The quantitative estimate of drug-likeness (QED) is 0.649. The first-order chi connectivity index (χ1) is 13.9. The topological polar surface area (TPSA) is 77.4 Å². The first-order valence-corrected chi connectivity index (χ1v) is 9.17. The second-order valence-electron chi connectivity index (χ2n) is 6.58. The van der Waals surface area contributed by atoms with Crippen molar-refractivity contribution >= 4 is 11.8 Å². The molecule has 1 fully saturated rings. The zero-order valence-corrected chi connectivity index (χ0v) is 15.9. The average molecular weight is 410 g/mol. The van der Waals surface area contributed by atoms with Gasteiger partial charge in [0.2, 0.25) is 0 Å². The Bertz CT molecular complexity index is 827. The number of methoxy groups -OCH3 is 1. The summed E-state index contributed by atoms with van der Waals surface area (Å²) < 4.78 is 50.7. The van der Waals surface area contributed by atoms with Crippen LogP contribution in [0.15, 0.2) is 30.6 Å². The lowest BCUT2D eigenvalue weighted by molar-refractivity contribution is -0.141. The van der Waals surface area contributed by atoms with Crippen molar-refractivity contribution in [2.75, 3.05) is 31.7 Å². The zero-order valence-electron chi connectivity index (χ0n) is 15.9. The molecule has 3 heterocycles. The molecular weight excluding hydrogens is 389 g/mol. The van der Waals surface area contributed by atoms with Gasteiger partial charge in [-0.3, -0.25) is 9.78 Å². The largest absolute Gasteiger partial charge is 0.469 e. The van der Waals surface area contributed by atoms with Gasteiger partial charge in [-0.2, -0.15) is 13.2 Å². The van der Waals surface area contributed by atoms with E-state index in [-0.39, 0.29) is 30.7 Å². The predicted molar refractivity (Wildman–Crippen MR) is 98.1 cm³/mol. The van der Waals surface area contributed by atoms with Gasteiger partial charge < -0.3 is 14.4 Å². The molecule has 1 atom stereocenters. The van der Waals surface area contributed by atoms with Crippen LogP contribution in [0, 0.1) is 0 Å². The number of carbonyl (C=O) groups is 1. The second-order valence-corrected chi connectivity index (χ2v) is 6.58. The molecule has 1 aliphatic rings. The number of carbonyl (C=O) groups excluding carboxylic acids is 1. The Morgan fingerprint density at radius 3 is 2.83 bits per heavy atom. The first-order valence-electron chi connectivity index (χ1n) is 9.17. The highest BCUT2D eigenvalue weighted by molar-refractivity contribution is 5.70. The van der Waals surface area contributed by atoms with Crippen molar-refractivity contribution in [2.24, 2.45) is 0 Å². The molecule has 3 rings (SSSR count). The minimum atomic E-state index is -4.65. The number of hydrogen-bond donors (Lipinski definition) is 0. The SMILES string of the molecule is COC(=O)CCN(C[C@@H]1CCCO1)c1cc(C(F)(F)F)nc(-c2cccnc2)n1. The summed E-state index contributed by atoms with van der Waals surface area (Å²) in [6, 6.07) is 4.08. The van der Waals surface area contributed by atoms with Crippen LogP contribution in [0.2, 0.25) is 0 Å². The lowest BCUT2D eigenvalue weighted by atomic mass is 10.2. The van der Waals surface area contributed by atoms with Gasteiger partial charge in [0, 0.05) is 43.7 Å². The molecule has 0 spiro atoms. The number of anilines is 1. The van der Waals surface area contributed by atoms with Crippen LogP contribution in [0.25, 0.3) is 11.4 Å². The minimum absolute atomic E-state index is 0.0107. The van der Waals surface area contributed by atoms with E-state index >= 15 is 0 Å². The summed E-state index contributed by atoms with van der Waals surface area (Å²) in [5, 5.41) is 0. The van der Waals surface area contributed by atoms with Gasteiger partial charge in [-0.05, 0) is 25.0 Å². The molecule has 7 nitrogen and oxygen atoms in total. The maximum Gasteiger partial charge on any atom is 0.433 e. The van der Waals surface area contributed by atoms with Crippen LogP contribution in [-0.2, 0) is 20.4 Å². The summed E-state index contributed by atoms with van der Waals surface area (Å²) >= 11 is 0. The summed E-state index contributed by atoms with van der Waals surface area (Å²) in [7, 11) is 1.26. The van der Waals surface area contributed by atoms with Crippen molar-refractivity contribution in [3.05, 3.63) is 36.3 Å². The average Bonchev–Trinajstić information content (AvgIpc) is 3.23. The minimum Gasteiger partial charge on any atom is -0.469 e. The van der Waals surface area contributed by atoms with Gasteiger partial charge in [-0.25, -0.2) is 9.97 Å². The van der Waals surface area contributed by atoms with Crippen LogP contribution in [0.4, 0.5) is 19.0 Å². The molecule has 0 N–H and O–H groups in total. The van der Waals surface area contributed by atoms with E-state index in [1.165, 1.54) is 19.5 Å². The number of hydrogen-bond acceptors (Lipinski definition) is 7. The van der Waals surface area contributed by atoms with E-state index in [1.807, 2.05) is 0 Å². The highest BCUT2D eigenvalue weighted by Crippen LogP contribution is 2.32. The Morgan fingerprint density at radius 1 is 1.38 bits per heavy atom. The van der Waals surface area contributed by atoms with Crippen LogP contribution in [0.1, 0.15) is 25.0 Å². The molecule has 0 aromatic carbocycles. The number of halogens is 3. The van der Waals surface area contributed by atoms with E-state index < -0.39 is 17.8 Å². The van der Waals surface area contributed by atoms with Crippen molar-refractivity contribution in [2.45, 2.75) is 31.5 Å². The lowest BCUT2D eigenvalue weighted by Gasteiger charge is -2.27. The molecule has 2 aromatic heterocycles. The molecule has 0 unspecified atom stereocenters. The fourth-order valence-electron chi connectivity index (χ4n) is 3.03. The van der Waals surface area contributed by atoms with Gasteiger partial charge >= 0.3 is 12.1 Å². The molecule has 0 radical (unpaired) electrons. The van der Waals surface area contributed by atoms with Crippen molar-refractivity contribution in [3.8, 4) is 11.4 Å². The van der Waals surface area contributed by atoms with Crippen molar-refractivity contribution in [3.63, 3.8) is 0 Å². The third kappa shape index (κ3) is 5.63. The number of nitrogens with zero attached hydrogens (tertiary/aromatic N) is 4. The number of rotatable bonds is 7. The summed E-state index contributed by atoms with van der Waals surface area (Å²) in [5.41, 5.74) is -0.693. The van der Waals surface area contributed by atoms with Crippen LogP contribution in [0.3, 0.4) is 0 Å². The first kappa shape index (κ1) is 21.0. The Labute approximate surface area is 165 Å². The summed E-state index contributed by atoms with van der Waals surface area (Å²) in [6.07, 6.45) is -0.187. The predicted octanol–water partition coefficient (Wildman–Crippen LogP) is 3.11. The lowest BCUT2D eigenvalue weighted by Crippen LogP contribution is -2.35. The maximum absolute atomic E-state index is 13.5. The summed E-state index contributed by atoms with van der Waals surface area (Å²) in [4.78, 5) is 25.1. The Hall–Kier alpha value is -2.75. The monoisotopic (exact) mass is 410 g/mol. The molecule has 29 heavy (non-hydrogen) atoms. The maximum atomic E-state index is 13.5. The number of alkyl halides is 3. The van der Waals surface area contributed by atoms with E-state index in [2.05, 4.69) is 19.7 Å². The highest BCUT2D eigenvalue weighted by Gasteiger charge is 2.34. The molecule has 1 aliphatic heterocycles. The molecule has 0 saturated carbocycles. The van der Waals surface area contributed by atoms with Gasteiger partial charge in [0.15, 0.2) is 11.5 Å². The molecule has 1 saturated heterocycles. The Morgan fingerprint density at radius 2 is 2.21 bits per heavy atom. The second kappa shape index (κ2) is 9.17. The fourth-order valence-corrected chi connectivity index (χ4v) is 3.03. The molecular formula is C19H21F3N4O3. The third-order valence-electron chi connectivity index (χ3n) is 4.51. The molecule has 10 heteroatoms. The van der Waals surface area contributed by atoms with Crippen LogP contribution >= 0.6 is 0 Å². The smallest absolute Gasteiger partial charge is 0.433 e. The molecule has 0 bridgehead atoms. The summed E-state index contributed by atoms with van der Waals surface area (Å²) in [5.74, 6) is -0.469. The number of esters is 1. The molecule has 2 aromatic rings. The van der Waals surface area contributed by atoms with E-state index in [0.717, 1.165) is 18.9 Å². The molecule has 0 aliphatic carbocycles. The van der Waals surface area contributed by atoms with Gasteiger partial charge in [0.25, 0.3) is 0 Å². The highest BCUT2D eigenvalue weighted by atomic mass is 19.4. The van der Waals surface area contributed by atoms with Crippen LogP contribution in [0.5, 0.6) is 0 Å². The van der Waals surface area contributed by atoms with Crippen LogP contribution < -0.4 is 4.90 Å².